The first-order valence-electron chi connectivity index (χ1n) is 12.7. The zero-order valence-electron chi connectivity index (χ0n) is 24.2. The van der Waals surface area contributed by atoms with Gasteiger partial charge in [0.25, 0.3) is 0 Å². The van der Waals surface area contributed by atoms with Crippen LogP contribution in [0.1, 0.15) is 70.6 Å². The molecular weight excluding hydrogens is 571 g/mol. The molecular formula is C31H38Cl2FeN4O. The summed E-state index contributed by atoms with van der Waals surface area (Å²) in [6.45, 7) is 16.6. The van der Waals surface area contributed by atoms with Gasteiger partial charge in [-0.2, -0.15) is 0 Å². The minimum absolute atomic E-state index is 0.0162. The van der Waals surface area contributed by atoms with Crippen molar-refractivity contribution in [1.29, 1.82) is 0 Å². The summed E-state index contributed by atoms with van der Waals surface area (Å²) in [5.74, 6) is 0.0162. The predicted molar refractivity (Wildman–Crippen MR) is 163 cm³/mol. The van der Waals surface area contributed by atoms with Gasteiger partial charge in [-0.05, 0) is 102 Å². The van der Waals surface area contributed by atoms with E-state index in [1.165, 1.54) is 11.1 Å². The van der Waals surface area contributed by atoms with Crippen molar-refractivity contribution >= 4 is 48.9 Å². The number of carbonyl (C=O) groups excluding carboxylic acids is 1. The summed E-state index contributed by atoms with van der Waals surface area (Å²) in [6.07, 6.45) is 1.03. The summed E-state index contributed by atoms with van der Waals surface area (Å²) in [4.78, 5) is 26.9. The molecule has 210 valence electrons. The second-order valence-corrected chi connectivity index (χ2v) is 11.7. The molecule has 8 heteroatoms. The molecule has 3 aromatic rings. The number of nitrogens with zero attached hydrogens (tertiary/aromatic N) is 3. The first kappa shape index (κ1) is 32.7. The molecule has 3 rings (SSSR count). The summed E-state index contributed by atoms with van der Waals surface area (Å²) < 4.78 is 0. The number of pyridine rings is 1. The van der Waals surface area contributed by atoms with Crippen LogP contribution in [-0.2, 0) is 24.3 Å². The average molecular weight is 609 g/mol. The Balaban J connectivity index is 0.00000170. The van der Waals surface area contributed by atoms with Gasteiger partial charge in [0.15, 0.2) is 0 Å². The van der Waals surface area contributed by atoms with E-state index in [9.17, 15) is 4.79 Å². The number of aliphatic imine (C=N–C) groups is 2. The van der Waals surface area contributed by atoms with Crippen molar-refractivity contribution in [2.75, 3.05) is 7.05 Å². The SMILES string of the molecule is CNC(=O)CCc1cc(C(C)=Nc2c(C)cc(C)cc2C)nc(C(C)=Nc2c(C)cc(C)cc2C)c1.[Cl][Fe][Cl]. The number of hydrogen-bond donors (Lipinski definition) is 1. The molecule has 1 heterocycles. The van der Waals surface area contributed by atoms with Crippen LogP contribution < -0.4 is 5.32 Å². The van der Waals surface area contributed by atoms with Crippen LogP contribution in [0.15, 0.2) is 46.4 Å². The van der Waals surface area contributed by atoms with E-state index >= 15 is 0 Å². The molecule has 1 aromatic heterocycles. The van der Waals surface area contributed by atoms with Crippen molar-refractivity contribution in [3.63, 3.8) is 0 Å². The quantitative estimate of drug-likeness (QED) is 0.217. The fourth-order valence-electron chi connectivity index (χ4n) is 4.63. The van der Waals surface area contributed by atoms with Crippen molar-refractivity contribution in [3.8, 4) is 0 Å². The van der Waals surface area contributed by atoms with Crippen LogP contribution in [0.5, 0.6) is 0 Å². The van der Waals surface area contributed by atoms with E-state index in [0.29, 0.717) is 12.8 Å². The van der Waals surface area contributed by atoms with E-state index < -0.39 is 0 Å². The van der Waals surface area contributed by atoms with E-state index in [-0.39, 0.29) is 19.0 Å². The van der Waals surface area contributed by atoms with Crippen molar-refractivity contribution in [2.45, 2.75) is 68.2 Å². The monoisotopic (exact) mass is 608 g/mol. The van der Waals surface area contributed by atoms with E-state index in [0.717, 1.165) is 62.0 Å². The number of hydrogen-bond acceptors (Lipinski definition) is 4. The Morgan fingerprint density at radius 1 is 0.769 bits per heavy atom. The van der Waals surface area contributed by atoms with Gasteiger partial charge in [0.05, 0.1) is 34.2 Å². The Hall–Kier alpha value is -2.50. The summed E-state index contributed by atoms with van der Waals surface area (Å²) in [5, 5.41) is 2.71. The van der Waals surface area contributed by atoms with E-state index in [2.05, 4.69) is 71.1 Å². The second-order valence-electron chi connectivity index (χ2n) is 9.86. The molecule has 0 bridgehead atoms. The fourth-order valence-corrected chi connectivity index (χ4v) is 4.63. The molecule has 0 fully saturated rings. The van der Waals surface area contributed by atoms with Gasteiger partial charge in [-0.1, -0.05) is 35.4 Å². The van der Waals surface area contributed by atoms with E-state index in [1.807, 2.05) is 26.0 Å². The predicted octanol–water partition coefficient (Wildman–Crippen LogP) is 8.27. The summed E-state index contributed by atoms with van der Waals surface area (Å²) >= 11 is 0.194. The maximum absolute atomic E-state index is 11.9. The van der Waals surface area contributed by atoms with Gasteiger partial charge in [0.1, 0.15) is 0 Å². The summed E-state index contributed by atoms with van der Waals surface area (Å²) in [6, 6.07) is 12.7. The van der Waals surface area contributed by atoms with Crippen molar-refractivity contribution in [3.05, 3.63) is 86.7 Å². The third-order valence-corrected chi connectivity index (χ3v) is 6.38. The average Bonchev–Trinajstić information content (AvgIpc) is 2.86. The number of nitrogens with one attached hydrogen (secondary N) is 1. The van der Waals surface area contributed by atoms with Gasteiger partial charge in [0, 0.05) is 13.5 Å². The van der Waals surface area contributed by atoms with Crippen LogP contribution in [0.2, 0.25) is 0 Å². The topological polar surface area (TPSA) is 66.7 Å². The number of rotatable bonds is 7. The van der Waals surface area contributed by atoms with Gasteiger partial charge < -0.3 is 5.32 Å². The molecule has 1 amide bonds. The number of aromatic nitrogens is 1. The first-order valence-corrected chi connectivity index (χ1v) is 15.8. The number of benzene rings is 2. The standard InChI is InChI=1S/C31H38N4O.2ClH.Fe/c1-18-12-20(3)30(21(4)13-18)33-24(7)27-16-26(10-11-29(36)32-9)17-28(35-27)25(8)34-31-22(5)14-19(2)15-23(31)6;;;/h12-17H,10-11H2,1-9H3,(H,32,36);2*1H;/q;;;+2/p-2. The molecule has 0 radical (unpaired) electrons. The molecule has 39 heavy (non-hydrogen) atoms. The van der Waals surface area contributed by atoms with Gasteiger partial charge in [0.2, 0.25) is 5.91 Å². The number of aryl methyl sites for hydroxylation is 7. The Morgan fingerprint density at radius 2 is 1.13 bits per heavy atom. The summed E-state index contributed by atoms with van der Waals surface area (Å²) in [5.41, 5.74) is 13.3. The van der Waals surface area contributed by atoms with Gasteiger partial charge in [-0.15, -0.1) is 0 Å². The van der Waals surface area contributed by atoms with Crippen LogP contribution in [0.4, 0.5) is 11.4 Å². The molecule has 1 N–H and O–H groups in total. The Bertz CT molecular complexity index is 1260. The number of amides is 1. The van der Waals surface area contributed by atoms with E-state index in [1.54, 1.807) is 7.05 Å². The van der Waals surface area contributed by atoms with Crippen molar-refractivity contribution in [1.82, 2.24) is 10.3 Å². The van der Waals surface area contributed by atoms with Gasteiger partial charge in [-0.3, -0.25) is 14.8 Å². The van der Waals surface area contributed by atoms with E-state index in [4.69, 9.17) is 35.2 Å². The van der Waals surface area contributed by atoms with Crippen LogP contribution in [-0.4, -0.2) is 29.4 Å². The first-order chi connectivity index (χ1) is 18.4. The molecule has 0 aliphatic rings. The molecule has 2 aromatic carbocycles. The number of carbonyl (C=O) groups is 1. The molecule has 0 aliphatic carbocycles. The second kappa shape index (κ2) is 15.3. The molecule has 0 saturated carbocycles. The van der Waals surface area contributed by atoms with Crippen LogP contribution in [0, 0.1) is 41.5 Å². The molecule has 0 unspecified atom stereocenters. The third kappa shape index (κ3) is 9.58. The van der Waals surface area contributed by atoms with Crippen LogP contribution >= 0.6 is 20.2 Å². The Kier molecular flexibility index (Phi) is 12.9. The third-order valence-electron chi connectivity index (χ3n) is 6.38. The summed E-state index contributed by atoms with van der Waals surface area (Å²) in [7, 11) is 11.2. The number of halogens is 2. The molecule has 0 saturated heterocycles. The van der Waals surface area contributed by atoms with Crippen LogP contribution in [0.25, 0.3) is 0 Å². The normalized spacial score (nSPS) is 11.8. The maximum atomic E-state index is 11.9. The van der Waals surface area contributed by atoms with Gasteiger partial charge >= 0.3 is 33.3 Å². The Morgan fingerprint density at radius 3 is 1.46 bits per heavy atom. The minimum atomic E-state index is 0.0162. The zero-order valence-corrected chi connectivity index (χ0v) is 26.9. The molecule has 0 aliphatic heterocycles. The molecule has 5 nitrogen and oxygen atoms in total. The molecule has 0 spiro atoms. The van der Waals surface area contributed by atoms with Crippen molar-refractivity contribution in [2.24, 2.45) is 9.98 Å². The fraction of sp³-hybridized carbons (Fsp3) is 0.355. The van der Waals surface area contributed by atoms with Crippen molar-refractivity contribution < 1.29 is 17.9 Å². The van der Waals surface area contributed by atoms with Crippen LogP contribution in [0.3, 0.4) is 0 Å². The zero-order chi connectivity index (χ0) is 29.3. The molecule has 0 atom stereocenters. The Labute approximate surface area is 248 Å². The van der Waals surface area contributed by atoms with Gasteiger partial charge in [-0.25, -0.2) is 4.98 Å².